The zero-order valence-corrected chi connectivity index (χ0v) is 15.2. The highest BCUT2D eigenvalue weighted by Gasteiger charge is 2.28. The van der Waals surface area contributed by atoms with Crippen molar-refractivity contribution >= 4 is 23.4 Å². The van der Waals surface area contributed by atoms with Crippen molar-refractivity contribution in [3.8, 4) is 0 Å². The maximum Gasteiger partial charge on any atom is 0.289 e. The van der Waals surface area contributed by atoms with E-state index < -0.39 is 0 Å². The van der Waals surface area contributed by atoms with E-state index in [9.17, 15) is 14.4 Å². The lowest BCUT2D eigenvalue weighted by molar-refractivity contribution is -0.116. The second-order valence-electron chi connectivity index (χ2n) is 6.83. The minimum atomic E-state index is -0.144. The zero-order chi connectivity index (χ0) is 19.0. The lowest BCUT2D eigenvalue weighted by Crippen LogP contribution is -2.50. The number of rotatable bonds is 2. The average Bonchev–Trinajstić information content (AvgIpc) is 3.36. The van der Waals surface area contributed by atoms with Crippen molar-refractivity contribution in [2.24, 2.45) is 0 Å². The van der Waals surface area contributed by atoms with Crippen LogP contribution in [0.15, 0.2) is 41.0 Å². The predicted octanol–water partition coefficient (Wildman–Crippen LogP) is 1.79. The number of nitrogens with zero attached hydrogens (tertiary/aromatic N) is 3. The Hall–Kier alpha value is -3.09. The molecule has 1 saturated heterocycles. The third-order valence-corrected chi connectivity index (χ3v) is 5.19. The van der Waals surface area contributed by atoms with Gasteiger partial charge in [0.25, 0.3) is 11.8 Å². The van der Waals surface area contributed by atoms with E-state index in [1.54, 1.807) is 39.8 Å². The molecule has 7 nitrogen and oxygen atoms in total. The summed E-state index contributed by atoms with van der Waals surface area (Å²) in [5.41, 5.74) is 2.56. The van der Waals surface area contributed by atoms with Gasteiger partial charge < -0.3 is 19.1 Å². The molecular formula is C20H21N3O4. The molecule has 1 aromatic heterocycles. The highest BCUT2D eigenvalue weighted by Crippen LogP contribution is 2.29. The molecule has 0 radical (unpaired) electrons. The molecule has 0 aliphatic carbocycles. The van der Waals surface area contributed by atoms with E-state index in [1.165, 1.54) is 6.26 Å². The van der Waals surface area contributed by atoms with Crippen molar-refractivity contribution in [2.75, 3.05) is 37.6 Å². The molecule has 0 bridgehead atoms. The quantitative estimate of drug-likeness (QED) is 0.811. The topological polar surface area (TPSA) is 74.1 Å². The highest BCUT2D eigenvalue weighted by atomic mass is 16.3. The molecule has 1 aromatic carbocycles. The van der Waals surface area contributed by atoms with E-state index in [4.69, 9.17) is 4.42 Å². The van der Waals surface area contributed by atoms with Gasteiger partial charge in [-0.25, -0.2) is 0 Å². The summed E-state index contributed by atoms with van der Waals surface area (Å²) in [5, 5.41) is 0. The molecule has 3 heterocycles. The maximum absolute atomic E-state index is 12.8. The number of fused-ring (bicyclic) bond motifs is 1. The van der Waals surface area contributed by atoms with Crippen LogP contribution in [0.2, 0.25) is 0 Å². The molecule has 3 amide bonds. The number of carbonyl (C=O) groups is 3. The SMILES string of the molecule is CC(=O)N1CCc2cc(C(=O)N3CCN(C(=O)c4ccco4)CC3)ccc21. The molecule has 4 rings (SSSR count). The van der Waals surface area contributed by atoms with Crippen molar-refractivity contribution in [1.29, 1.82) is 0 Å². The largest absolute Gasteiger partial charge is 0.459 e. The monoisotopic (exact) mass is 367 g/mol. The van der Waals surface area contributed by atoms with Crippen LogP contribution in [0.5, 0.6) is 0 Å². The molecule has 0 atom stereocenters. The molecular weight excluding hydrogens is 346 g/mol. The van der Waals surface area contributed by atoms with E-state index in [0.29, 0.717) is 44.0 Å². The summed E-state index contributed by atoms with van der Waals surface area (Å²) in [6.07, 6.45) is 2.25. The van der Waals surface area contributed by atoms with Crippen molar-refractivity contribution < 1.29 is 18.8 Å². The van der Waals surface area contributed by atoms with Crippen LogP contribution in [-0.4, -0.2) is 60.2 Å². The van der Waals surface area contributed by atoms with Gasteiger partial charge in [-0.2, -0.15) is 0 Å². The van der Waals surface area contributed by atoms with Gasteiger partial charge in [0.05, 0.1) is 6.26 Å². The highest BCUT2D eigenvalue weighted by molar-refractivity contribution is 5.98. The van der Waals surface area contributed by atoms with Gasteiger partial charge in [-0.1, -0.05) is 0 Å². The number of carbonyl (C=O) groups excluding carboxylic acids is 3. The maximum atomic E-state index is 12.8. The van der Waals surface area contributed by atoms with Gasteiger partial charge in [0.15, 0.2) is 5.76 Å². The third-order valence-electron chi connectivity index (χ3n) is 5.19. The Bertz CT molecular complexity index is 883. The molecule has 0 saturated carbocycles. The molecule has 27 heavy (non-hydrogen) atoms. The van der Waals surface area contributed by atoms with Crippen molar-refractivity contribution in [2.45, 2.75) is 13.3 Å². The Kier molecular flexibility index (Phi) is 4.43. The first-order valence-corrected chi connectivity index (χ1v) is 9.07. The first-order chi connectivity index (χ1) is 13.0. The first-order valence-electron chi connectivity index (χ1n) is 9.07. The minimum Gasteiger partial charge on any atom is -0.459 e. The van der Waals surface area contributed by atoms with Gasteiger partial charge >= 0.3 is 0 Å². The molecule has 140 valence electrons. The normalized spacial score (nSPS) is 16.4. The van der Waals surface area contributed by atoms with Crippen molar-refractivity contribution in [3.05, 3.63) is 53.5 Å². The smallest absolute Gasteiger partial charge is 0.289 e. The third kappa shape index (κ3) is 3.20. The number of anilines is 1. The van der Waals surface area contributed by atoms with Crippen LogP contribution in [0.1, 0.15) is 33.4 Å². The molecule has 2 aromatic rings. The fourth-order valence-corrected chi connectivity index (χ4v) is 3.71. The van der Waals surface area contributed by atoms with Crippen LogP contribution < -0.4 is 4.90 Å². The Morgan fingerprint density at radius 1 is 0.926 bits per heavy atom. The summed E-state index contributed by atoms with van der Waals surface area (Å²) < 4.78 is 5.16. The van der Waals surface area contributed by atoms with Gasteiger partial charge in [-0.15, -0.1) is 0 Å². The van der Waals surface area contributed by atoms with Crippen molar-refractivity contribution in [1.82, 2.24) is 9.80 Å². The summed E-state index contributed by atoms with van der Waals surface area (Å²) in [4.78, 5) is 42.0. The van der Waals surface area contributed by atoms with Crippen molar-refractivity contribution in [3.63, 3.8) is 0 Å². The van der Waals surface area contributed by atoms with Gasteiger partial charge in [0.1, 0.15) is 0 Å². The molecule has 7 heteroatoms. The summed E-state index contributed by atoms with van der Waals surface area (Å²) >= 11 is 0. The summed E-state index contributed by atoms with van der Waals surface area (Å²) in [7, 11) is 0. The van der Waals surface area contributed by atoms with Crippen LogP contribution in [-0.2, 0) is 11.2 Å². The van der Waals surface area contributed by atoms with E-state index in [0.717, 1.165) is 17.7 Å². The second-order valence-corrected chi connectivity index (χ2v) is 6.83. The number of hydrogen-bond acceptors (Lipinski definition) is 4. The molecule has 2 aliphatic heterocycles. The van der Waals surface area contributed by atoms with Gasteiger partial charge in [0.2, 0.25) is 5.91 Å². The zero-order valence-electron chi connectivity index (χ0n) is 15.2. The molecule has 2 aliphatic rings. The number of piperazine rings is 1. The van der Waals surface area contributed by atoms with Gasteiger partial charge in [-0.3, -0.25) is 14.4 Å². The number of hydrogen-bond donors (Lipinski definition) is 0. The van der Waals surface area contributed by atoms with E-state index in [1.807, 2.05) is 12.1 Å². The van der Waals surface area contributed by atoms with E-state index >= 15 is 0 Å². The minimum absolute atomic E-state index is 0.0187. The van der Waals surface area contributed by atoms with Crippen LogP contribution in [0.3, 0.4) is 0 Å². The van der Waals surface area contributed by atoms with E-state index in [2.05, 4.69) is 0 Å². The summed E-state index contributed by atoms with van der Waals surface area (Å²) in [5.74, 6) is 0.159. The summed E-state index contributed by atoms with van der Waals surface area (Å²) in [6, 6.07) is 8.86. The Labute approximate surface area is 157 Å². The fraction of sp³-hybridized carbons (Fsp3) is 0.350. The predicted molar refractivity (Wildman–Crippen MR) is 98.7 cm³/mol. The summed E-state index contributed by atoms with van der Waals surface area (Å²) in [6.45, 7) is 4.15. The lowest BCUT2D eigenvalue weighted by atomic mass is 10.1. The molecule has 1 fully saturated rings. The fourth-order valence-electron chi connectivity index (χ4n) is 3.71. The van der Waals surface area contributed by atoms with Crippen LogP contribution >= 0.6 is 0 Å². The first kappa shape index (κ1) is 17.3. The number of furan rings is 1. The number of amides is 3. The van der Waals surface area contributed by atoms with E-state index in [-0.39, 0.29) is 17.7 Å². The average molecular weight is 367 g/mol. The molecule has 0 N–H and O–H groups in total. The second kappa shape index (κ2) is 6.90. The van der Waals surface area contributed by atoms with Crippen LogP contribution in [0.25, 0.3) is 0 Å². The van der Waals surface area contributed by atoms with Gasteiger partial charge in [-0.05, 0) is 42.3 Å². The Morgan fingerprint density at radius 2 is 1.63 bits per heavy atom. The molecule has 0 spiro atoms. The van der Waals surface area contributed by atoms with Crippen LogP contribution in [0, 0.1) is 0 Å². The van der Waals surface area contributed by atoms with Crippen LogP contribution in [0.4, 0.5) is 5.69 Å². The number of benzene rings is 1. The molecule has 0 unspecified atom stereocenters. The Morgan fingerprint density at radius 3 is 2.26 bits per heavy atom. The lowest BCUT2D eigenvalue weighted by Gasteiger charge is -2.34. The van der Waals surface area contributed by atoms with Gasteiger partial charge in [0, 0.05) is 50.9 Å². The Balaban J connectivity index is 1.41. The standard InChI is InChI=1S/C20H21N3O4/c1-14(24)23-7-6-15-13-16(4-5-17(15)23)19(25)21-8-10-22(11-9-21)20(26)18-3-2-12-27-18/h2-5,12-13H,6-11H2,1H3.